The van der Waals surface area contributed by atoms with E-state index in [-0.39, 0.29) is 17.8 Å². The quantitative estimate of drug-likeness (QED) is 0.942. The molecular formula is C19H22FN3O. The fraction of sp³-hybridized carbons (Fsp3) is 0.474. The van der Waals surface area contributed by atoms with Crippen molar-refractivity contribution in [1.82, 2.24) is 14.9 Å². The monoisotopic (exact) mass is 327 g/mol. The Labute approximate surface area is 141 Å². The van der Waals surface area contributed by atoms with E-state index in [4.69, 9.17) is 0 Å². The molecule has 0 saturated heterocycles. The topological polar surface area (TPSA) is 46.9 Å². The van der Waals surface area contributed by atoms with E-state index in [9.17, 15) is 9.18 Å². The Morgan fingerprint density at radius 1 is 1.25 bits per heavy atom. The number of nitrogens with one attached hydrogen (secondary N) is 1. The smallest absolute Gasteiger partial charge is 0.230 e. The van der Waals surface area contributed by atoms with Crippen LogP contribution in [-0.2, 0) is 23.2 Å². The first-order chi connectivity index (χ1) is 11.7. The predicted octanol–water partition coefficient (Wildman–Crippen LogP) is 2.97. The van der Waals surface area contributed by atoms with E-state index >= 15 is 0 Å². The number of nitrogens with zero attached hydrogens (tertiary/aromatic N) is 2. The zero-order chi connectivity index (χ0) is 16.6. The summed E-state index contributed by atoms with van der Waals surface area (Å²) in [6.45, 7) is 0.778. The lowest BCUT2D eigenvalue weighted by Gasteiger charge is -2.32. The van der Waals surface area contributed by atoms with Crippen molar-refractivity contribution >= 4 is 5.91 Å². The normalized spacial score (nSPS) is 22.1. The number of fused-ring (bicyclic) bond motifs is 1. The molecule has 2 aliphatic rings. The highest BCUT2D eigenvalue weighted by Gasteiger charge is 2.43. The van der Waals surface area contributed by atoms with E-state index in [1.165, 1.54) is 12.1 Å². The fourth-order valence-corrected chi connectivity index (χ4v) is 4.20. The highest BCUT2D eigenvalue weighted by atomic mass is 19.1. The Balaban J connectivity index is 1.54. The van der Waals surface area contributed by atoms with Crippen molar-refractivity contribution in [3.8, 4) is 0 Å². The highest BCUT2D eigenvalue weighted by Crippen LogP contribution is 2.41. The van der Waals surface area contributed by atoms with Crippen LogP contribution in [0.15, 0.2) is 36.7 Å². The molecular weight excluding hydrogens is 305 g/mol. The van der Waals surface area contributed by atoms with Crippen LogP contribution in [0.2, 0.25) is 0 Å². The summed E-state index contributed by atoms with van der Waals surface area (Å²) in [4.78, 5) is 17.5. The largest absolute Gasteiger partial charge is 0.351 e. The molecule has 1 saturated carbocycles. The summed E-state index contributed by atoms with van der Waals surface area (Å²) in [6.07, 6.45) is 9.36. The lowest BCUT2D eigenvalue weighted by atomic mass is 9.77. The standard InChI is InChI=1S/C19H22FN3O/c20-15-5-3-14(4-6-15)19(9-1-2-10-19)18(24)22-16-7-8-17-21-11-12-23(17)13-16/h3-6,11-12,16H,1-2,7-10,13H2,(H,22,24)/t16-/m1/s1. The first-order valence-corrected chi connectivity index (χ1v) is 8.74. The van der Waals surface area contributed by atoms with Gasteiger partial charge in [0.1, 0.15) is 11.6 Å². The van der Waals surface area contributed by atoms with Crippen LogP contribution >= 0.6 is 0 Å². The molecule has 0 radical (unpaired) electrons. The van der Waals surface area contributed by atoms with Gasteiger partial charge in [-0.1, -0.05) is 25.0 Å². The van der Waals surface area contributed by atoms with Gasteiger partial charge in [-0.25, -0.2) is 9.37 Å². The van der Waals surface area contributed by atoms with E-state index in [0.717, 1.165) is 56.5 Å². The van der Waals surface area contributed by atoms with Crippen LogP contribution in [0, 0.1) is 5.82 Å². The molecule has 0 unspecified atom stereocenters. The van der Waals surface area contributed by atoms with Crippen LogP contribution in [0.1, 0.15) is 43.5 Å². The van der Waals surface area contributed by atoms with Crippen molar-refractivity contribution in [2.24, 2.45) is 0 Å². The molecule has 2 heterocycles. The van der Waals surface area contributed by atoms with Crippen molar-refractivity contribution in [1.29, 1.82) is 0 Å². The molecule has 1 aromatic heterocycles. The summed E-state index contributed by atoms with van der Waals surface area (Å²) in [5.74, 6) is 0.932. The molecule has 1 aromatic carbocycles. The second kappa shape index (κ2) is 6.04. The number of benzene rings is 1. The summed E-state index contributed by atoms with van der Waals surface area (Å²) in [5, 5.41) is 3.26. The van der Waals surface area contributed by atoms with Crippen LogP contribution < -0.4 is 5.32 Å². The predicted molar refractivity (Wildman–Crippen MR) is 89.0 cm³/mol. The van der Waals surface area contributed by atoms with Crippen molar-refractivity contribution in [2.45, 2.75) is 56.5 Å². The summed E-state index contributed by atoms with van der Waals surface area (Å²) in [5.41, 5.74) is 0.446. The van der Waals surface area contributed by atoms with E-state index in [2.05, 4.69) is 14.9 Å². The average Bonchev–Trinajstić information content (AvgIpc) is 3.25. The van der Waals surface area contributed by atoms with Crippen LogP contribution in [0.25, 0.3) is 0 Å². The number of aryl methyl sites for hydroxylation is 1. The first kappa shape index (κ1) is 15.4. The molecule has 1 fully saturated rings. The number of carbonyl (C=O) groups is 1. The summed E-state index contributed by atoms with van der Waals surface area (Å²) < 4.78 is 15.4. The molecule has 1 amide bonds. The van der Waals surface area contributed by atoms with Crippen LogP contribution in [-0.4, -0.2) is 21.5 Å². The van der Waals surface area contributed by atoms with Crippen molar-refractivity contribution in [3.05, 3.63) is 53.9 Å². The molecule has 2 aromatic rings. The summed E-state index contributed by atoms with van der Waals surface area (Å²) in [6, 6.07) is 6.60. The Hall–Kier alpha value is -2.17. The zero-order valence-electron chi connectivity index (χ0n) is 13.7. The SMILES string of the molecule is O=C(N[C@@H]1CCc2nccn2C1)C1(c2ccc(F)cc2)CCCC1. The third-order valence-electron chi connectivity index (χ3n) is 5.56. The zero-order valence-corrected chi connectivity index (χ0v) is 13.7. The molecule has 1 aliphatic carbocycles. The Bertz CT molecular complexity index is 731. The van der Waals surface area contributed by atoms with E-state index < -0.39 is 5.41 Å². The average molecular weight is 327 g/mol. The maximum atomic E-state index is 13.3. The van der Waals surface area contributed by atoms with Gasteiger partial charge in [0.05, 0.1) is 5.41 Å². The summed E-state index contributed by atoms with van der Waals surface area (Å²) in [7, 11) is 0. The van der Waals surface area contributed by atoms with Gasteiger partial charge in [0.25, 0.3) is 0 Å². The van der Waals surface area contributed by atoms with Crippen molar-refractivity contribution in [3.63, 3.8) is 0 Å². The third kappa shape index (κ3) is 2.62. The number of imidazole rings is 1. The molecule has 5 heteroatoms. The minimum absolute atomic E-state index is 0.0974. The molecule has 0 spiro atoms. The van der Waals surface area contributed by atoms with Crippen LogP contribution in [0.4, 0.5) is 4.39 Å². The van der Waals surface area contributed by atoms with Crippen LogP contribution in [0.5, 0.6) is 0 Å². The number of aromatic nitrogens is 2. The molecule has 0 bridgehead atoms. The number of rotatable bonds is 3. The Morgan fingerprint density at radius 2 is 2.00 bits per heavy atom. The van der Waals surface area contributed by atoms with Gasteiger partial charge in [0.15, 0.2) is 0 Å². The first-order valence-electron chi connectivity index (χ1n) is 8.74. The van der Waals surface area contributed by atoms with Gasteiger partial charge in [-0.2, -0.15) is 0 Å². The number of amides is 1. The second-order valence-corrected chi connectivity index (χ2v) is 7.00. The highest BCUT2D eigenvalue weighted by molar-refractivity contribution is 5.88. The molecule has 4 rings (SSSR count). The van der Waals surface area contributed by atoms with E-state index in [0.29, 0.717) is 0 Å². The maximum absolute atomic E-state index is 13.3. The molecule has 4 nitrogen and oxygen atoms in total. The lowest BCUT2D eigenvalue weighted by Crippen LogP contribution is -2.49. The molecule has 24 heavy (non-hydrogen) atoms. The molecule has 1 atom stereocenters. The van der Waals surface area contributed by atoms with Crippen LogP contribution in [0.3, 0.4) is 0 Å². The van der Waals surface area contributed by atoms with Gasteiger partial charge in [-0.15, -0.1) is 0 Å². The Morgan fingerprint density at radius 3 is 2.75 bits per heavy atom. The minimum atomic E-state index is -0.497. The minimum Gasteiger partial charge on any atom is -0.351 e. The van der Waals surface area contributed by atoms with Gasteiger partial charge in [-0.05, 0) is 37.0 Å². The fourth-order valence-electron chi connectivity index (χ4n) is 4.20. The molecule has 1 aliphatic heterocycles. The number of hydrogen-bond donors (Lipinski definition) is 1. The number of hydrogen-bond acceptors (Lipinski definition) is 2. The third-order valence-corrected chi connectivity index (χ3v) is 5.56. The summed E-state index contributed by atoms with van der Waals surface area (Å²) >= 11 is 0. The van der Waals surface area contributed by atoms with Gasteiger partial charge in [0, 0.05) is 31.4 Å². The number of halogens is 1. The van der Waals surface area contributed by atoms with Gasteiger partial charge < -0.3 is 9.88 Å². The van der Waals surface area contributed by atoms with Gasteiger partial charge in [0.2, 0.25) is 5.91 Å². The van der Waals surface area contributed by atoms with E-state index in [1.807, 2.05) is 12.4 Å². The molecule has 126 valence electrons. The molecule has 1 N–H and O–H groups in total. The van der Waals surface area contributed by atoms with Crippen molar-refractivity contribution < 1.29 is 9.18 Å². The Kier molecular flexibility index (Phi) is 3.87. The number of carbonyl (C=O) groups excluding carboxylic acids is 1. The van der Waals surface area contributed by atoms with Crippen molar-refractivity contribution in [2.75, 3.05) is 0 Å². The van der Waals surface area contributed by atoms with Gasteiger partial charge >= 0.3 is 0 Å². The lowest BCUT2D eigenvalue weighted by molar-refractivity contribution is -0.127. The second-order valence-electron chi connectivity index (χ2n) is 7.00. The van der Waals surface area contributed by atoms with Gasteiger partial charge in [-0.3, -0.25) is 4.79 Å². The maximum Gasteiger partial charge on any atom is 0.230 e. The van der Waals surface area contributed by atoms with E-state index in [1.54, 1.807) is 12.1 Å².